The van der Waals surface area contributed by atoms with Crippen LogP contribution in [0.4, 0.5) is 4.39 Å². The molecule has 0 radical (unpaired) electrons. The number of hydrogen-bond donors (Lipinski definition) is 1. The first kappa shape index (κ1) is 16.0. The first-order valence-corrected chi connectivity index (χ1v) is 7.54. The Morgan fingerprint density at radius 1 is 1.38 bits per heavy atom. The van der Waals surface area contributed by atoms with Crippen LogP contribution in [0.1, 0.15) is 23.9 Å². The average molecular weight is 310 g/mol. The van der Waals surface area contributed by atoms with Crippen LogP contribution in [-0.4, -0.2) is 22.4 Å². The zero-order chi connectivity index (χ0) is 15.4. The fourth-order valence-corrected chi connectivity index (χ4v) is 2.78. The summed E-state index contributed by atoms with van der Waals surface area (Å²) in [5, 5.41) is 7.95. The second-order valence-electron chi connectivity index (χ2n) is 5.28. The normalized spacial score (nSPS) is 12.6. The Hall–Kier alpha value is -1.39. The molecule has 5 heteroatoms. The molecule has 1 N–H and O–H groups in total. The van der Waals surface area contributed by atoms with Crippen LogP contribution in [0.5, 0.6) is 0 Å². The summed E-state index contributed by atoms with van der Waals surface area (Å²) in [5.74, 6) is -0.316. The highest BCUT2D eigenvalue weighted by Gasteiger charge is 2.15. The van der Waals surface area contributed by atoms with Gasteiger partial charge in [0, 0.05) is 25.2 Å². The Balaban J connectivity index is 2.15. The van der Waals surface area contributed by atoms with Crippen LogP contribution in [0.3, 0.4) is 0 Å². The van der Waals surface area contributed by atoms with Gasteiger partial charge in [0.05, 0.1) is 10.7 Å². The van der Waals surface area contributed by atoms with Crippen molar-refractivity contribution in [1.29, 1.82) is 0 Å². The van der Waals surface area contributed by atoms with E-state index in [1.165, 1.54) is 0 Å². The molecular weight excluding hydrogens is 289 g/mol. The van der Waals surface area contributed by atoms with E-state index in [-0.39, 0.29) is 16.9 Å². The highest BCUT2D eigenvalue weighted by atomic mass is 35.5. The number of halogens is 2. The first-order chi connectivity index (χ1) is 10.0. The molecule has 3 nitrogen and oxygen atoms in total. The Labute approximate surface area is 130 Å². The third-order valence-electron chi connectivity index (χ3n) is 3.55. The largest absolute Gasteiger partial charge is 0.314 e. The minimum absolute atomic E-state index is 0.151. The van der Waals surface area contributed by atoms with Crippen molar-refractivity contribution in [3.63, 3.8) is 0 Å². The number of nitrogens with one attached hydrogen (secondary N) is 1. The van der Waals surface area contributed by atoms with Crippen molar-refractivity contribution in [2.45, 2.75) is 32.7 Å². The van der Waals surface area contributed by atoms with E-state index in [0.29, 0.717) is 12.0 Å². The summed E-state index contributed by atoms with van der Waals surface area (Å²) in [5.41, 5.74) is 2.78. The predicted molar refractivity (Wildman–Crippen MR) is 84.2 cm³/mol. The molecule has 0 amide bonds. The zero-order valence-electron chi connectivity index (χ0n) is 12.7. The van der Waals surface area contributed by atoms with E-state index in [1.54, 1.807) is 18.2 Å². The van der Waals surface area contributed by atoms with Crippen molar-refractivity contribution in [3.05, 3.63) is 52.1 Å². The molecule has 1 heterocycles. The Kier molecular flexibility index (Phi) is 5.37. The van der Waals surface area contributed by atoms with Crippen LogP contribution in [0.15, 0.2) is 24.3 Å². The van der Waals surface area contributed by atoms with Gasteiger partial charge in [0.2, 0.25) is 0 Å². The van der Waals surface area contributed by atoms with E-state index in [4.69, 9.17) is 11.6 Å². The standard InChI is InChI=1S/C16H21ClFN3/c1-4-19-13(10-14-8-11(2)20-21(14)3)9-12-6-5-7-15(17)16(12)18/h5-8,13,19H,4,9-10H2,1-3H3. The molecular formula is C16H21ClFN3. The van der Waals surface area contributed by atoms with Crippen molar-refractivity contribution >= 4 is 11.6 Å². The maximum atomic E-state index is 14.0. The smallest absolute Gasteiger partial charge is 0.145 e. The molecule has 21 heavy (non-hydrogen) atoms. The van der Waals surface area contributed by atoms with Gasteiger partial charge in [0.1, 0.15) is 5.82 Å². The van der Waals surface area contributed by atoms with Gasteiger partial charge < -0.3 is 5.32 Å². The monoisotopic (exact) mass is 309 g/mol. The molecule has 114 valence electrons. The van der Waals surface area contributed by atoms with Gasteiger partial charge >= 0.3 is 0 Å². The average Bonchev–Trinajstić information content (AvgIpc) is 2.73. The van der Waals surface area contributed by atoms with Crippen molar-refractivity contribution in [2.24, 2.45) is 7.05 Å². The topological polar surface area (TPSA) is 29.9 Å². The summed E-state index contributed by atoms with van der Waals surface area (Å²) < 4.78 is 15.9. The number of nitrogens with zero attached hydrogens (tertiary/aromatic N) is 2. The molecule has 1 aromatic heterocycles. The fourth-order valence-electron chi connectivity index (χ4n) is 2.58. The van der Waals surface area contributed by atoms with Crippen LogP contribution in [0, 0.1) is 12.7 Å². The van der Waals surface area contributed by atoms with Crippen molar-refractivity contribution in [2.75, 3.05) is 6.54 Å². The fraction of sp³-hybridized carbons (Fsp3) is 0.438. The summed E-state index contributed by atoms with van der Waals surface area (Å²) >= 11 is 5.85. The molecule has 0 saturated heterocycles. The minimum Gasteiger partial charge on any atom is -0.314 e. The molecule has 2 rings (SSSR count). The van der Waals surface area contributed by atoms with Gasteiger partial charge in [0.15, 0.2) is 0 Å². The molecule has 0 aliphatic carbocycles. The SMILES string of the molecule is CCNC(Cc1cccc(Cl)c1F)Cc1cc(C)nn1C. The van der Waals surface area contributed by atoms with Gasteiger partial charge in [-0.25, -0.2) is 4.39 Å². The van der Waals surface area contributed by atoms with Gasteiger partial charge in [-0.3, -0.25) is 4.68 Å². The maximum Gasteiger partial charge on any atom is 0.145 e. The molecule has 0 spiro atoms. The lowest BCUT2D eigenvalue weighted by atomic mass is 10.0. The van der Waals surface area contributed by atoms with Gasteiger partial charge in [-0.2, -0.15) is 5.10 Å². The summed E-state index contributed by atoms with van der Waals surface area (Å²) in [6.45, 7) is 4.86. The van der Waals surface area contributed by atoms with Gasteiger partial charge in [-0.15, -0.1) is 0 Å². The minimum atomic E-state index is -0.316. The summed E-state index contributed by atoms with van der Waals surface area (Å²) in [6.07, 6.45) is 1.40. The van der Waals surface area contributed by atoms with E-state index >= 15 is 0 Å². The molecule has 0 bridgehead atoms. The van der Waals surface area contributed by atoms with Crippen molar-refractivity contribution in [1.82, 2.24) is 15.1 Å². The summed E-state index contributed by atoms with van der Waals surface area (Å²) in [4.78, 5) is 0. The van der Waals surface area contributed by atoms with E-state index < -0.39 is 0 Å². The molecule has 1 aromatic carbocycles. The Morgan fingerprint density at radius 2 is 2.14 bits per heavy atom. The Morgan fingerprint density at radius 3 is 2.76 bits per heavy atom. The number of rotatable bonds is 6. The van der Waals surface area contributed by atoms with Crippen LogP contribution >= 0.6 is 11.6 Å². The number of likely N-dealkylation sites (N-methyl/N-ethyl adjacent to an activating group) is 1. The second-order valence-corrected chi connectivity index (χ2v) is 5.68. The molecule has 0 aliphatic heterocycles. The quantitative estimate of drug-likeness (QED) is 0.887. The van der Waals surface area contributed by atoms with Crippen molar-refractivity contribution < 1.29 is 4.39 Å². The molecule has 0 aliphatic rings. The molecule has 1 unspecified atom stereocenters. The highest BCUT2D eigenvalue weighted by molar-refractivity contribution is 6.30. The van der Waals surface area contributed by atoms with Crippen LogP contribution in [0.2, 0.25) is 5.02 Å². The van der Waals surface area contributed by atoms with Crippen LogP contribution in [0.25, 0.3) is 0 Å². The predicted octanol–water partition coefficient (Wildman–Crippen LogP) is 3.28. The first-order valence-electron chi connectivity index (χ1n) is 7.17. The lowest BCUT2D eigenvalue weighted by Gasteiger charge is -2.18. The van der Waals surface area contributed by atoms with E-state index in [9.17, 15) is 4.39 Å². The third kappa shape index (κ3) is 4.05. The summed E-state index contributed by atoms with van der Waals surface area (Å²) in [6, 6.07) is 7.38. The second kappa shape index (κ2) is 7.05. The van der Waals surface area contributed by atoms with Gasteiger partial charge in [-0.1, -0.05) is 30.7 Å². The van der Waals surface area contributed by atoms with Gasteiger partial charge in [0.25, 0.3) is 0 Å². The number of benzene rings is 1. The van der Waals surface area contributed by atoms with E-state index in [0.717, 1.165) is 24.4 Å². The maximum absolute atomic E-state index is 14.0. The number of hydrogen-bond acceptors (Lipinski definition) is 2. The van der Waals surface area contributed by atoms with Crippen molar-refractivity contribution in [3.8, 4) is 0 Å². The number of aryl methyl sites for hydroxylation is 2. The lowest BCUT2D eigenvalue weighted by Crippen LogP contribution is -2.34. The molecule has 1 atom stereocenters. The van der Waals surface area contributed by atoms with Crippen LogP contribution < -0.4 is 5.32 Å². The third-order valence-corrected chi connectivity index (χ3v) is 3.84. The Bertz CT molecular complexity index is 610. The molecule has 0 saturated carbocycles. The number of aromatic nitrogens is 2. The zero-order valence-corrected chi connectivity index (χ0v) is 13.4. The van der Waals surface area contributed by atoms with Gasteiger partial charge in [-0.05, 0) is 37.6 Å². The van der Waals surface area contributed by atoms with E-state index in [1.807, 2.05) is 18.7 Å². The van der Waals surface area contributed by atoms with E-state index in [2.05, 4.69) is 23.4 Å². The molecule has 2 aromatic rings. The molecule has 0 fully saturated rings. The van der Waals surface area contributed by atoms with Crippen LogP contribution in [-0.2, 0) is 19.9 Å². The summed E-state index contributed by atoms with van der Waals surface area (Å²) in [7, 11) is 1.94. The highest BCUT2D eigenvalue weighted by Crippen LogP contribution is 2.20. The lowest BCUT2D eigenvalue weighted by molar-refractivity contribution is 0.492.